The van der Waals surface area contributed by atoms with Crippen molar-refractivity contribution in [3.8, 4) is 5.75 Å². The number of hydrogen-bond acceptors (Lipinski definition) is 6. The summed E-state index contributed by atoms with van der Waals surface area (Å²) in [6, 6.07) is 4.82. The lowest BCUT2D eigenvalue weighted by Crippen LogP contribution is -2.28. The number of ether oxygens (including phenoxy) is 3. The Morgan fingerprint density at radius 2 is 1.95 bits per heavy atom. The van der Waals surface area contributed by atoms with Gasteiger partial charge in [0.25, 0.3) is 0 Å². The molecule has 0 aliphatic heterocycles. The molecule has 0 saturated carbocycles. The van der Waals surface area contributed by atoms with E-state index in [9.17, 15) is 8.42 Å². The maximum Gasteiger partial charge on any atom is 0.244 e. The molecule has 0 aliphatic carbocycles. The number of methoxy groups -OCH3 is 2. The number of nitrogens with two attached hydrogens (primary N) is 1. The minimum atomic E-state index is -3.67. The van der Waals surface area contributed by atoms with E-state index in [1.165, 1.54) is 13.2 Å². The molecule has 0 fully saturated rings. The third-order valence-electron chi connectivity index (χ3n) is 2.72. The van der Waals surface area contributed by atoms with Gasteiger partial charge in [-0.1, -0.05) is 6.07 Å². The topological polar surface area (TPSA) is 99.9 Å². The first-order chi connectivity index (χ1) is 10.0. The largest absolute Gasteiger partial charge is 0.495 e. The van der Waals surface area contributed by atoms with E-state index >= 15 is 0 Å². The number of hydrogen-bond donors (Lipinski definition) is 2. The first-order valence-corrected chi connectivity index (χ1v) is 7.96. The Morgan fingerprint density at radius 1 is 1.19 bits per heavy atom. The van der Waals surface area contributed by atoms with Crippen molar-refractivity contribution in [2.45, 2.75) is 11.4 Å². The molecular formula is C13H22N2O5S. The lowest BCUT2D eigenvalue weighted by molar-refractivity contribution is 0.0736. The SMILES string of the molecule is COCCOCCNS(=O)(=O)c1cc(CN)ccc1OC. The van der Waals surface area contributed by atoms with Gasteiger partial charge in [-0.2, -0.15) is 0 Å². The standard InChI is InChI=1S/C13H22N2O5S/c1-18-7-8-20-6-5-15-21(16,17)13-9-11(10-14)3-4-12(13)19-2/h3-4,9,15H,5-8,10,14H2,1-2H3. The van der Waals surface area contributed by atoms with Crippen molar-refractivity contribution >= 4 is 10.0 Å². The number of rotatable bonds is 10. The van der Waals surface area contributed by atoms with E-state index in [4.69, 9.17) is 19.9 Å². The summed E-state index contributed by atoms with van der Waals surface area (Å²) in [4.78, 5) is 0.0739. The molecule has 7 nitrogen and oxygen atoms in total. The molecule has 8 heteroatoms. The second-order valence-electron chi connectivity index (χ2n) is 4.19. The molecule has 120 valence electrons. The summed E-state index contributed by atoms with van der Waals surface area (Å²) < 4.78 is 42.1. The average molecular weight is 318 g/mol. The molecule has 0 amide bonds. The Hall–Kier alpha value is -1.19. The van der Waals surface area contributed by atoms with Gasteiger partial charge in [-0.25, -0.2) is 13.1 Å². The normalized spacial score (nSPS) is 11.6. The summed E-state index contributed by atoms with van der Waals surface area (Å²) in [6.45, 7) is 1.58. The average Bonchev–Trinajstić information content (AvgIpc) is 2.50. The molecule has 0 radical (unpaired) electrons. The molecular weight excluding hydrogens is 296 g/mol. The predicted octanol–water partition coefficient (Wildman–Crippen LogP) is 0.0952. The first-order valence-electron chi connectivity index (χ1n) is 6.48. The van der Waals surface area contributed by atoms with E-state index in [-0.39, 0.29) is 30.3 Å². The third-order valence-corrected chi connectivity index (χ3v) is 4.21. The van der Waals surface area contributed by atoms with Crippen molar-refractivity contribution in [2.75, 3.05) is 40.6 Å². The van der Waals surface area contributed by atoms with Crippen LogP contribution in [0.4, 0.5) is 0 Å². The van der Waals surface area contributed by atoms with Gasteiger partial charge in [0, 0.05) is 20.2 Å². The van der Waals surface area contributed by atoms with Gasteiger partial charge in [-0.15, -0.1) is 0 Å². The fraction of sp³-hybridized carbons (Fsp3) is 0.538. The van der Waals surface area contributed by atoms with Crippen molar-refractivity contribution in [2.24, 2.45) is 5.73 Å². The molecule has 1 rings (SSSR count). The van der Waals surface area contributed by atoms with E-state index in [1.54, 1.807) is 19.2 Å². The minimum absolute atomic E-state index is 0.0739. The molecule has 0 aliphatic rings. The molecule has 0 heterocycles. The molecule has 1 aromatic carbocycles. The van der Waals surface area contributed by atoms with Gasteiger partial charge in [-0.3, -0.25) is 0 Å². The van der Waals surface area contributed by atoms with Gasteiger partial charge < -0.3 is 19.9 Å². The van der Waals surface area contributed by atoms with Crippen LogP contribution in [0.1, 0.15) is 5.56 Å². The Kier molecular flexibility index (Phi) is 7.62. The van der Waals surface area contributed by atoms with Crippen LogP contribution in [0.5, 0.6) is 5.75 Å². The molecule has 1 aromatic rings. The Labute approximate surface area is 125 Å². The van der Waals surface area contributed by atoms with Crippen molar-refractivity contribution < 1.29 is 22.6 Å². The zero-order valence-electron chi connectivity index (χ0n) is 12.3. The molecule has 0 saturated heterocycles. The van der Waals surface area contributed by atoms with Crippen LogP contribution in [0.15, 0.2) is 23.1 Å². The quantitative estimate of drug-likeness (QED) is 0.593. The fourth-order valence-electron chi connectivity index (χ4n) is 1.63. The fourth-order valence-corrected chi connectivity index (χ4v) is 2.86. The van der Waals surface area contributed by atoms with E-state index in [0.717, 1.165) is 0 Å². The second-order valence-corrected chi connectivity index (χ2v) is 5.93. The summed E-state index contributed by atoms with van der Waals surface area (Å²) >= 11 is 0. The molecule has 0 bridgehead atoms. The predicted molar refractivity (Wildman–Crippen MR) is 78.8 cm³/mol. The smallest absolute Gasteiger partial charge is 0.244 e. The highest BCUT2D eigenvalue weighted by molar-refractivity contribution is 7.89. The van der Waals surface area contributed by atoms with Crippen LogP contribution in [-0.4, -0.2) is 49.0 Å². The zero-order valence-corrected chi connectivity index (χ0v) is 13.1. The van der Waals surface area contributed by atoms with Crippen molar-refractivity contribution in [1.29, 1.82) is 0 Å². The molecule has 0 atom stereocenters. The van der Waals surface area contributed by atoms with Gasteiger partial charge in [0.05, 0.1) is 26.9 Å². The first kappa shape index (κ1) is 17.9. The summed E-state index contributed by atoms with van der Waals surface area (Å²) in [5.74, 6) is 0.278. The molecule has 21 heavy (non-hydrogen) atoms. The van der Waals surface area contributed by atoms with Crippen molar-refractivity contribution in [3.63, 3.8) is 0 Å². The second kappa shape index (κ2) is 8.96. The zero-order chi connectivity index (χ0) is 15.7. The lowest BCUT2D eigenvalue weighted by atomic mass is 10.2. The minimum Gasteiger partial charge on any atom is -0.495 e. The van der Waals surface area contributed by atoms with Crippen LogP contribution in [-0.2, 0) is 26.0 Å². The van der Waals surface area contributed by atoms with Gasteiger partial charge in [-0.05, 0) is 17.7 Å². The molecule has 0 aromatic heterocycles. The maximum absolute atomic E-state index is 12.3. The summed E-state index contributed by atoms with van der Waals surface area (Å²) in [5.41, 5.74) is 6.25. The summed E-state index contributed by atoms with van der Waals surface area (Å²) in [5, 5.41) is 0. The van der Waals surface area contributed by atoms with Crippen LogP contribution in [0, 0.1) is 0 Å². The van der Waals surface area contributed by atoms with E-state index in [0.29, 0.717) is 18.8 Å². The lowest BCUT2D eigenvalue weighted by Gasteiger charge is -2.12. The van der Waals surface area contributed by atoms with E-state index < -0.39 is 10.0 Å². The van der Waals surface area contributed by atoms with Gasteiger partial charge in [0.1, 0.15) is 10.6 Å². The highest BCUT2D eigenvalue weighted by Gasteiger charge is 2.19. The molecule has 3 N–H and O–H groups in total. The van der Waals surface area contributed by atoms with Crippen molar-refractivity contribution in [1.82, 2.24) is 4.72 Å². The Morgan fingerprint density at radius 3 is 2.57 bits per heavy atom. The number of benzene rings is 1. The van der Waals surface area contributed by atoms with Gasteiger partial charge >= 0.3 is 0 Å². The maximum atomic E-state index is 12.3. The van der Waals surface area contributed by atoms with Gasteiger partial charge in [0.15, 0.2) is 0 Å². The van der Waals surface area contributed by atoms with Crippen LogP contribution < -0.4 is 15.2 Å². The van der Waals surface area contributed by atoms with Crippen LogP contribution >= 0.6 is 0 Å². The Balaban J connectivity index is 2.69. The van der Waals surface area contributed by atoms with Crippen LogP contribution in [0.2, 0.25) is 0 Å². The summed E-state index contributed by atoms with van der Waals surface area (Å²) in [6.07, 6.45) is 0. The molecule has 0 unspecified atom stereocenters. The van der Waals surface area contributed by atoms with Crippen LogP contribution in [0.25, 0.3) is 0 Å². The van der Waals surface area contributed by atoms with Gasteiger partial charge in [0.2, 0.25) is 10.0 Å². The third kappa shape index (κ3) is 5.60. The monoisotopic (exact) mass is 318 g/mol. The highest BCUT2D eigenvalue weighted by atomic mass is 32.2. The van der Waals surface area contributed by atoms with Crippen molar-refractivity contribution in [3.05, 3.63) is 23.8 Å². The molecule has 0 spiro atoms. The summed E-state index contributed by atoms with van der Waals surface area (Å²) in [7, 11) is -0.677. The Bertz CT molecular complexity index is 533. The highest BCUT2D eigenvalue weighted by Crippen LogP contribution is 2.24. The number of nitrogens with one attached hydrogen (secondary N) is 1. The van der Waals surface area contributed by atoms with E-state index in [1.807, 2.05) is 0 Å². The van der Waals surface area contributed by atoms with Crippen LogP contribution in [0.3, 0.4) is 0 Å². The number of sulfonamides is 1. The van der Waals surface area contributed by atoms with E-state index in [2.05, 4.69) is 4.72 Å².